The molecule has 9 nitrogen and oxygen atoms in total. The maximum atomic E-state index is 14.5. The standard InChI is InChI=1S/C20H22FN5O4/c21-15-10-23-20(24-14-3-1-12(2-4-14)19(28)29)25-18(15)13-5-6-22-16(9-13)26-7-8-30-11-17(26)27/h5-6,9-10,12,14H,1-4,7-8,11H2,(H,28,29)(H,23,24,25). The van der Waals surface area contributed by atoms with Gasteiger partial charge in [0.2, 0.25) is 5.95 Å². The fraction of sp³-hybridized carbons (Fsp3) is 0.450. The summed E-state index contributed by atoms with van der Waals surface area (Å²) in [6.07, 6.45) is 5.16. The van der Waals surface area contributed by atoms with Crippen molar-refractivity contribution in [3.05, 3.63) is 30.3 Å². The number of halogens is 1. The van der Waals surface area contributed by atoms with Gasteiger partial charge in [-0.3, -0.25) is 14.5 Å². The van der Waals surface area contributed by atoms with Crippen molar-refractivity contribution in [2.75, 3.05) is 30.0 Å². The summed E-state index contributed by atoms with van der Waals surface area (Å²) in [7, 11) is 0. The highest BCUT2D eigenvalue weighted by molar-refractivity contribution is 5.94. The van der Waals surface area contributed by atoms with Crippen LogP contribution in [0.1, 0.15) is 25.7 Å². The van der Waals surface area contributed by atoms with Gasteiger partial charge in [0, 0.05) is 17.8 Å². The molecule has 1 aliphatic heterocycles. The van der Waals surface area contributed by atoms with Crippen molar-refractivity contribution in [3.8, 4) is 11.3 Å². The van der Waals surface area contributed by atoms with Crippen molar-refractivity contribution in [1.82, 2.24) is 15.0 Å². The monoisotopic (exact) mass is 415 g/mol. The molecule has 0 unspecified atom stereocenters. The number of carboxylic acids is 1. The van der Waals surface area contributed by atoms with E-state index in [9.17, 15) is 14.0 Å². The second-order valence-electron chi connectivity index (χ2n) is 7.42. The molecule has 158 valence electrons. The Morgan fingerprint density at radius 1 is 1.27 bits per heavy atom. The van der Waals surface area contributed by atoms with E-state index in [1.807, 2.05) is 0 Å². The summed E-state index contributed by atoms with van der Waals surface area (Å²) < 4.78 is 19.6. The molecule has 2 N–H and O–H groups in total. The van der Waals surface area contributed by atoms with E-state index in [1.165, 1.54) is 11.1 Å². The van der Waals surface area contributed by atoms with E-state index >= 15 is 0 Å². The number of aromatic nitrogens is 3. The molecule has 2 aromatic rings. The number of morpholine rings is 1. The highest BCUT2D eigenvalue weighted by Crippen LogP contribution is 2.28. The highest BCUT2D eigenvalue weighted by Gasteiger charge is 2.26. The van der Waals surface area contributed by atoms with E-state index in [-0.39, 0.29) is 36.1 Å². The summed E-state index contributed by atoms with van der Waals surface area (Å²) >= 11 is 0. The predicted molar refractivity (Wildman–Crippen MR) is 105 cm³/mol. The Balaban J connectivity index is 1.52. The quantitative estimate of drug-likeness (QED) is 0.762. The molecule has 2 aliphatic rings. The van der Waals surface area contributed by atoms with Crippen LogP contribution >= 0.6 is 0 Å². The molecule has 4 rings (SSSR count). The summed E-state index contributed by atoms with van der Waals surface area (Å²) in [6, 6.07) is 3.29. The van der Waals surface area contributed by atoms with Crippen molar-refractivity contribution in [1.29, 1.82) is 0 Å². The van der Waals surface area contributed by atoms with Crippen LogP contribution in [0, 0.1) is 11.7 Å². The highest BCUT2D eigenvalue weighted by atomic mass is 19.1. The summed E-state index contributed by atoms with van der Waals surface area (Å²) in [5.74, 6) is -1.16. The average Bonchev–Trinajstić information content (AvgIpc) is 2.76. The Hall–Kier alpha value is -3.14. The number of amides is 1. The first kappa shape index (κ1) is 20.1. The first-order valence-electron chi connectivity index (χ1n) is 9.87. The lowest BCUT2D eigenvalue weighted by molar-refractivity contribution is -0.142. The molecule has 1 saturated heterocycles. The molecule has 0 bridgehead atoms. The number of hydrogen-bond acceptors (Lipinski definition) is 7. The number of carbonyl (C=O) groups excluding carboxylic acids is 1. The summed E-state index contributed by atoms with van der Waals surface area (Å²) in [4.78, 5) is 37.2. The van der Waals surface area contributed by atoms with Gasteiger partial charge >= 0.3 is 5.97 Å². The molecule has 0 atom stereocenters. The maximum absolute atomic E-state index is 14.5. The predicted octanol–water partition coefficient (Wildman–Crippen LogP) is 2.10. The number of rotatable bonds is 5. The molecule has 0 aromatic carbocycles. The van der Waals surface area contributed by atoms with Gasteiger partial charge in [0.25, 0.3) is 5.91 Å². The SMILES string of the molecule is O=C(O)C1CCC(Nc2ncc(F)c(-c3ccnc(N4CCOCC4=O)c3)n2)CC1. The number of pyridine rings is 1. The van der Waals surface area contributed by atoms with Crippen LogP contribution in [-0.2, 0) is 14.3 Å². The number of carboxylic acid groups (broad SMARTS) is 1. The second-order valence-corrected chi connectivity index (χ2v) is 7.42. The van der Waals surface area contributed by atoms with Crippen LogP contribution in [0.2, 0.25) is 0 Å². The Morgan fingerprint density at radius 3 is 2.80 bits per heavy atom. The molecule has 3 heterocycles. The van der Waals surface area contributed by atoms with E-state index < -0.39 is 11.8 Å². The molecule has 1 amide bonds. The minimum atomic E-state index is -0.763. The number of hydrogen-bond donors (Lipinski definition) is 2. The third kappa shape index (κ3) is 4.38. The van der Waals surface area contributed by atoms with Crippen LogP contribution < -0.4 is 10.2 Å². The van der Waals surface area contributed by atoms with Crippen molar-refractivity contribution in [3.63, 3.8) is 0 Å². The molecule has 0 radical (unpaired) electrons. The normalized spacial score (nSPS) is 22.0. The lowest BCUT2D eigenvalue weighted by Crippen LogP contribution is -2.42. The van der Waals surface area contributed by atoms with Gasteiger partial charge in [-0.05, 0) is 37.8 Å². The minimum absolute atomic E-state index is 0.00797. The van der Waals surface area contributed by atoms with Crippen molar-refractivity contribution in [2.24, 2.45) is 5.92 Å². The van der Waals surface area contributed by atoms with Gasteiger partial charge in [-0.2, -0.15) is 0 Å². The Labute approximate surface area is 172 Å². The lowest BCUT2D eigenvalue weighted by atomic mass is 9.86. The fourth-order valence-corrected chi connectivity index (χ4v) is 3.78. The summed E-state index contributed by atoms with van der Waals surface area (Å²) in [6.45, 7) is 0.789. The number of nitrogens with one attached hydrogen (secondary N) is 1. The summed E-state index contributed by atoms with van der Waals surface area (Å²) in [5.41, 5.74) is 0.591. The van der Waals surface area contributed by atoms with Crippen LogP contribution in [0.4, 0.5) is 16.2 Å². The molecule has 10 heteroatoms. The van der Waals surface area contributed by atoms with E-state index in [0.29, 0.717) is 50.2 Å². The van der Waals surface area contributed by atoms with Gasteiger partial charge in [-0.15, -0.1) is 0 Å². The molecule has 30 heavy (non-hydrogen) atoms. The molecular weight excluding hydrogens is 393 g/mol. The smallest absolute Gasteiger partial charge is 0.306 e. The number of aliphatic carboxylic acids is 1. The van der Waals surface area contributed by atoms with Gasteiger partial charge in [-0.1, -0.05) is 0 Å². The van der Waals surface area contributed by atoms with Gasteiger partial charge in [0.15, 0.2) is 5.82 Å². The van der Waals surface area contributed by atoms with E-state index in [1.54, 1.807) is 12.1 Å². The second kappa shape index (κ2) is 8.70. The molecule has 2 fully saturated rings. The minimum Gasteiger partial charge on any atom is -0.481 e. The zero-order valence-corrected chi connectivity index (χ0v) is 16.3. The molecule has 1 saturated carbocycles. The number of nitrogens with zero attached hydrogens (tertiary/aromatic N) is 4. The Bertz CT molecular complexity index is 949. The Kier molecular flexibility index (Phi) is 5.84. The van der Waals surface area contributed by atoms with Crippen LogP contribution in [0.15, 0.2) is 24.5 Å². The first-order valence-corrected chi connectivity index (χ1v) is 9.87. The van der Waals surface area contributed by atoms with Crippen molar-refractivity contribution in [2.45, 2.75) is 31.7 Å². The third-order valence-corrected chi connectivity index (χ3v) is 5.44. The van der Waals surface area contributed by atoms with Gasteiger partial charge < -0.3 is 15.2 Å². The zero-order valence-electron chi connectivity index (χ0n) is 16.3. The van der Waals surface area contributed by atoms with E-state index in [4.69, 9.17) is 9.84 Å². The van der Waals surface area contributed by atoms with Gasteiger partial charge in [-0.25, -0.2) is 19.3 Å². The summed E-state index contributed by atoms with van der Waals surface area (Å²) in [5, 5.41) is 12.3. The van der Waals surface area contributed by atoms with Gasteiger partial charge in [0.05, 0.1) is 25.3 Å². The third-order valence-electron chi connectivity index (χ3n) is 5.44. The number of ether oxygens (including phenoxy) is 1. The fourth-order valence-electron chi connectivity index (χ4n) is 3.78. The molecule has 2 aromatic heterocycles. The van der Waals surface area contributed by atoms with Crippen LogP contribution in [-0.4, -0.2) is 57.7 Å². The topological polar surface area (TPSA) is 118 Å². The number of anilines is 2. The molecule has 0 spiro atoms. The maximum Gasteiger partial charge on any atom is 0.306 e. The molecule has 1 aliphatic carbocycles. The average molecular weight is 415 g/mol. The van der Waals surface area contributed by atoms with Crippen LogP contribution in [0.25, 0.3) is 11.3 Å². The zero-order chi connectivity index (χ0) is 21.1. The molecular formula is C20H22FN5O4. The lowest BCUT2D eigenvalue weighted by Gasteiger charge is -2.27. The van der Waals surface area contributed by atoms with Crippen LogP contribution in [0.3, 0.4) is 0 Å². The van der Waals surface area contributed by atoms with Crippen LogP contribution in [0.5, 0.6) is 0 Å². The largest absolute Gasteiger partial charge is 0.481 e. The van der Waals surface area contributed by atoms with Gasteiger partial charge in [0.1, 0.15) is 18.1 Å². The number of carbonyl (C=O) groups is 2. The first-order chi connectivity index (χ1) is 14.5. The van der Waals surface area contributed by atoms with E-state index in [0.717, 1.165) is 6.20 Å². The van der Waals surface area contributed by atoms with Crippen molar-refractivity contribution >= 4 is 23.6 Å². The van der Waals surface area contributed by atoms with E-state index in [2.05, 4.69) is 20.3 Å². The Morgan fingerprint density at radius 2 is 2.07 bits per heavy atom. The van der Waals surface area contributed by atoms with Crippen molar-refractivity contribution < 1.29 is 23.8 Å².